The molecule has 10 heteroatoms. The first-order chi connectivity index (χ1) is 14.7. The van der Waals surface area contributed by atoms with Crippen LogP contribution in [0.5, 0.6) is 0 Å². The Morgan fingerprint density at radius 3 is 2.32 bits per heavy atom. The number of aryl methyl sites for hydroxylation is 1. The first kappa shape index (κ1) is 23.1. The standard InChI is InChI=1S/C21H27N3O5S2/c1-3-6-21(25)22-17-8-11-19(12-9-17)31(28,29)23-18-10-13-20-16(15-18)7-5-14-24(20)30(26,27)4-2/h8-13,15,23H,3-7,14H2,1-2H3,(H,22,25). The summed E-state index contributed by atoms with van der Waals surface area (Å²) in [6, 6.07) is 10.8. The molecule has 1 heterocycles. The Hall–Kier alpha value is -2.59. The summed E-state index contributed by atoms with van der Waals surface area (Å²) in [4.78, 5) is 11.7. The Labute approximate surface area is 183 Å². The Kier molecular flexibility index (Phi) is 6.90. The van der Waals surface area contributed by atoms with Crippen LogP contribution in [0.15, 0.2) is 47.4 Å². The maximum Gasteiger partial charge on any atom is 0.261 e. The van der Waals surface area contributed by atoms with Crippen molar-refractivity contribution in [3.63, 3.8) is 0 Å². The summed E-state index contributed by atoms with van der Waals surface area (Å²) < 4.78 is 54.2. The van der Waals surface area contributed by atoms with E-state index in [9.17, 15) is 21.6 Å². The van der Waals surface area contributed by atoms with Gasteiger partial charge in [-0.25, -0.2) is 16.8 Å². The summed E-state index contributed by atoms with van der Waals surface area (Å²) >= 11 is 0. The van der Waals surface area contributed by atoms with Gasteiger partial charge in [-0.05, 0) is 74.2 Å². The topological polar surface area (TPSA) is 113 Å². The van der Waals surface area contributed by atoms with Crippen LogP contribution < -0.4 is 14.3 Å². The van der Waals surface area contributed by atoms with Crippen LogP contribution in [0.2, 0.25) is 0 Å². The fraction of sp³-hybridized carbons (Fsp3) is 0.381. The number of sulfonamides is 2. The number of anilines is 3. The number of rotatable bonds is 8. The maximum absolute atomic E-state index is 12.8. The lowest BCUT2D eigenvalue weighted by Gasteiger charge is -2.30. The molecule has 0 aliphatic carbocycles. The van der Waals surface area contributed by atoms with Crippen molar-refractivity contribution in [3.05, 3.63) is 48.0 Å². The number of fused-ring (bicyclic) bond motifs is 1. The highest BCUT2D eigenvalue weighted by Gasteiger charge is 2.26. The second-order valence-corrected chi connectivity index (χ2v) is 11.2. The lowest BCUT2D eigenvalue weighted by molar-refractivity contribution is -0.116. The van der Waals surface area contributed by atoms with Crippen LogP contribution in [0.25, 0.3) is 0 Å². The van der Waals surface area contributed by atoms with Gasteiger partial charge in [-0.3, -0.25) is 13.8 Å². The van der Waals surface area contributed by atoms with E-state index in [1.165, 1.54) is 16.4 Å². The molecule has 0 spiro atoms. The SMILES string of the molecule is CCCC(=O)Nc1ccc(S(=O)(=O)Nc2ccc3c(c2)CCCN3S(=O)(=O)CC)cc1. The van der Waals surface area contributed by atoms with E-state index in [2.05, 4.69) is 10.0 Å². The molecule has 168 valence electrons. The van der Waals surface area contributed by atoms with Gasteiger partial charge in [-0.15, -0.1) is 0 Å². The van der Waals surface area contributed by atoms with Gasteiger partial charge in [-0.2, -0.15) is 0 Å². The van der Waals surface area contributed by atoms with Gasteiger partial charge in [0.15, 0.2) is 0 Å². The van der Waals surface area contributed by atoms with Crippen LogP contribution in [0.3, 0.4) is 0 Å². The van der Waals surface area contributed by atoms with Crippen molar-refractivity contribution in [3.8, 4) is 0 Å². The van der Waals surface area contributed by atoms with Gasteiger partial charge >= 0.3 is 0 Å². The van der Waals surface area contributed by atoms with Crippen molar-refractivity contribution in [2.24, 2.45) is 0 Å². The molecule has 2 N–H and O–H groups in total. The van der Waals surface area contributed by atoms with Gasteiger partial charge in [0, 0.05) is 24.3 Å². The number of hydrogen-bond donors (Lipinski definition) is 2. The van der Waals surface area contributed by atoms with E-state index in [1.807, 2.05) is 6.92 Å². The summed E-state index contributed by atoms with van der Waals surface area (Å²) in [5.41, 5.74) is 2.29. The van der Waals surface area contributed by atoms with Gasteiger partial charge in [-0.1, -0.05) is 6.92 Å². The molecule has 0 bridgehead atoms. The van der Waals surface area contributed by atoms with Crippen LogP contribution in [-0.2, 0) is 31.3 Å². The number of nitrogens with one attached hydrogen (secondary N) is 2. The highest BCUT2D eigenvalue weighted by Crippen LogP contribution is 2.32. The molecule has 2 aromatic carbocycles. The molecule has 1 aliphatic rings. The Balaban J connectivity index is 1.78. The second-order valence-electron chi connectivity index (χ2n) is 7.35. The van der Waals surface area contributed by atoms with E-state index in [4.69, 9.17) is 0 Å². The average molecular weight is 466 g/mol. The molecular weight excluding hydrogens is 438 g/mol. The zero-order chi connectivity index (χ0) is 22.6. The quantitative estimate of drug-likeness (QED) is 0.621. The molecule has 1 amide bonds. The van der Waals surface area contributed by atoms with E-state index in [1.54, 1.807) is 37.3 Å². The lowest BCUT2D eigenvalue weighted by Crippen LogP contribution is -2.36. The fourth-order valence-corrected chi connectivity index (χ4v) is 5.70. The van der Waals surface area contributed by atoms with E-state index < -0.39 is 20.0 Å². The molecule has 0 atom stereocenters. The van der Waals surface area contributed by atoms with Crippen molar-refractivity contribution < 1.29 is 21.6 Å². The normalized spacial score (nSPS) is 14.1. The molecule has 31 heavy (non-hydrogen) atoms. The minimum absolute atomic E-state index is 0.00964. The molecule has 3 rings (SSSR count). The van der Waals surface area contributed by atoms with Crippen molar-refractivity contribution in [1.29, 1.82) is 0 Å². The monoisotopic (exact) mass is 465 g/mol. The van der Waals surface area contributed by atoms with Crippen LogP contribution in [0.1, 0.15) is 38.7 Å². The van der Waals surface area contributed by atoms with Gasteiger partial charge in [0.05, 0.1) is 16.3 Å². The Bertz CT molecular complexity index is 1160. The first-order valence-corrected chi connectivity index (χ1v) is 13.3. The number of carbonyl (C=O) groups is 1. The minimum Gasteiger partial charge on any atom is -0.326 e. The van der Waals surface area contributed by atoms with E-state index in [-0.39, 0.29) is 16.6 Å². The molecule has 0 saturated heterocycles. The van der Waals surface area contributed by atoms with E-state index >= 15 is 0 Å². The Morgan fingerprint density at radius 1 is 1.00 bits per heavy atom. The van der Waals surface area contributed by atoms with Crippen LogP contribution in [0, 0.1) is 0 Å². The summed E-state index contributed by atoms with van der Waals surface area (Å²) in [6.45, 7) is 3.93. The summed E-state index contributed by atoms with van der Waals surface area (Å²) in [6.07, 6.45) is 2.47. The fourth-order valence-electron chi connectivity index (χ4n) is 3.45. The Morgan fingerprint density at radius 2 is 1.68 bits per heavy atom. The average Bonchev–Trinajstić information content (AvgIpc) is 2.73. The molecule has 0 unspecified atom stereocenters. The van der Waals surface area contributed by atoms with Gasteiger partial charge in [0.2, 0.25) is 15.9 Å². The molecule has 0 aromatic heterocycles. The van der Waals surface area contributed by atoms with Crippen molar-refractivity contribution >= 4 is 43.0 Å². The smallest absolute Gasteiger partial charge is 0.261 e. The summed E-state index contributed by atoms with van der Waals surface area (Å²) in [5, 5.41) is 2.72. The van der Waals surface area contributed by atoms with Crippen LogP contribution >= 0.6 is 0 Å². The molecule has 0 fully saturated rings. The third kappa shape index (κ3) is 5.37. The molecule has 8 nitrogen and oxygen atoms in total. The number of nitrogens with zero attached hydrogens (tertiary/aromatic N) is 1. The first-order valence-electron chi connectivity index (χ1n) is 10.2. The van der Waals surface area contributed by atoms with Crippen molar-refractivity contribution in [1.82, 2.24) is 0 Å². The van der Waals surface area contributed by atoms with E-state index in [0.29, 0.717) is 42.9 Å². The zero-order valence-electron chi connectivity index (χ0n) is 17.6. The van der Waals surface area contributed by atoms with Gasteiger partial charge in [0.1, 0.15) is 0 Å². The zero-order valence-corrected chi connectivity index (χ0v) is 19.2. The van der Waals surface area contributed by atoms with Crippen molar-refractivity contribution in [2.75, 3.05) is 26.6 Å². The van der Waals surface area contributed by atoms with Crippen LogP contribution in [0.4, 0.5) is 17.1 Å². The molecule has 2 aromatic rings. The molecule has 0 saturated carbocycles. The number of carbonyl (C=O) groups excluding carboxylic acids is 1. The number of benzene rings is 2. The number of hydrogen-bond acceptors (Lipinski definition) is 5. The van der Waals surface area contributed by atoms with Crippen molar-refractivity contribution in [2.45, 2.75) is 44.4 Å². The second kappa shape index (κ2) is 9.27. The predicted molar refractivity (Wildman–Crippen MR) is 122 cm³/mol. The molecule has 1 aliphatic heterocycles. The van der Waals surface area contributed by atoms with Gasteiger partial charge in [0.25, 0.3) is 10.0 Å². The summed E-state index contributed by atoms with van der Waals surface area (Å²) in [7, 11) is -7.21. The highest BCUT2D eigenvalue weighted by atomic mass is 32.2. The largest absolute Gasteiger partial charge is 0.326 e. The summed E-state index contributed by atoms with van der Waals surface area (Å²) in [5.74, 6) is -0.111. The minimum atomic E-state index is -3.84. The predicted octanol–water partition coefficient (Wildman–Crippen LogP) is 3.33. The third-order valence-corrected chi connectivity index (χ3v) is 8.21. The molecular formula is C21H27N3O5S2. The third-order valence-electron chi connectivity index (χ3n) is 5.03. The van der Waals surface area contributed by atoms with Crippen LogP contribution in [-0.4, -0.2) is 35.0 Å². The highest BCUT2D eigenvalue weighted by molar-refractivity contribution is 7.93. The lowest BCUT2D eigenvalue weighted by atomic mass is 10.0. The van der Waals surface area contributed by atoms with Gasteiger partial charge < -0.3 is 5.32 Å². The molecule has 0 radical (unpaired) electrons. The number of amides is 1. The van der Waals surface area contributed by atoms with E-state index in [0.717, 1.165) is 12.0 Å². The maximum atomic E-state index is 12.8.